The third-order valence-electron chi connectivity index (χ3n) is 2.52. The maximum Gasteiger partial charge on any atom is 0.358 e. The first-order chi connectivity index (χ1) is 9.93. The van der Waals surface area contributed by atoms with Crippen molar-refractivity contribution in [1.29, 1.82) is 0 Å². The van der Waals surface area contributed by atoms with Gasteiger partial charge < -0.3 is 10.1 Å². The number of hydrogen-bond donors (Lipinski definition) is 1. The molecule has 8 heteroatoms. The molecular formula is C13H10Cl2N2O3S. The SMILES string of the molecule is COC(=O)c1nc(Nc2cccc(Cl)c2Cl)sc1C(C)=O. The van der Waals surface area contributed by atoms with Crippen LogP contribution in [0.2, 0.25) is 10.0 Å². The molecule has 2 rings (SSSR count). The van der Waals surface area contributed by atoms with Crippen molar-refractivity contribution >= 4 is 57.1 Å². The number of ketones is 1. The molecule has 2 aromatic rings. The van der Waals surface area contributed by atoms with Crippen LogP contribution in [-0.2, 0) is 4.74 Å². The Kier molecular flexibility index (Phi) is 4.82. The maximum atomic E-state index is 11.6. The number of Topliss-reactive ketones (excluding diaryl/α,β-unsaturated/α-hetero) is 1. The molecule has 0 saturated heterocycles. The van der Waals surface area contributed by atoms with Crippen LogP contribution < -0.4 is 5.32 Å². The van der Waals surface area contributed by atoms with Gasteiger partial charge in [-0.1, -0.05) is 40.6 Å². The summed E-state index contributed by atoms with van der Waals surface area (Å²) < 4.78 is 4.61. The third kappa shape index (κ3) is 3.34. The van der Waals surface area contributed by atoms with Crippen molar-refractivity contribution in [3.63, 3.8) is 0 Å². The number of esters is 1. The number of ether oxygens (including phenoxy) is 1. The second-order valence-electron chi connectivity index (χ2n) is 3.97. The number of rotatable bonds is 4. The van der Waals surface area contributed by atoms with Gasteiger partial charge in [0.25, 0.3) is 0 Å². The van der Waals surface area contributed by atoms with Crippen LogP contribution in [0.15, 0.2) is 18.2 Å². The summed E-state index contributed by atoms with van der Waals surface area (Å²) in [6.45, 7) is 1.36. The molecule has 0 bridgehead atoms. The lowest BCUT2D eigenvalue weighted by Gasteiger charge is -2.05. The van der Waals surface area contributed by atoms with E-state index in [0.29, 0.717) is 20.9 Å². The molecule has 0 amide bonds. The quantitative estimate of drug-likeness (QED) is 0.665. The van der Waals surface area contributed by atoms with Crippen LogP contribution in [0.1, 0.15) is 27.1 Å². The Morgan fingerprint density at radius 3 is 2.67 bits per heavy atom. The minimum absolute atomic E-state index is 0.0179. The number of hydrogen-bond acceptors (Lipinski definition) is 6. The van der Waals surface area contributed by atoms with E-state index in [4.69, 9.17) is 23.2 Å². The molecule has 0 radical (unpaired) electrons. The number of methoxy groups -OCH3 is 1. The molecule has 5 nitrogen and oxygen atoms in total. The Morgan fingerprint density at radius 2 is 2.05 bits per heavy atom. The lowest BCUT2D eigenvalue weighted by molar-refractivity contribution is 0.0591. The van der Waals surface area contributed by atoms with Crippen molar-refractivity contribution in [1.82, 2.24) is 4.98 Å². The van der Waals surface area contributed by atoms with Gasteiger partial charge in [0, 0.05) is 6.92 Å². The molecule has 1 aromatic heterocycles. The highest BCUT2D eigenvalue weighted by molar-refractivity contribution is 7.17. The molecule has 1 N–H and O–H groups in total. The van der Waals surface area contributed by atoms with Gasteiger partial charge in [-0.05, 0) is 12.1 Å². The van der Waals surface area contributed by atoms with E-state index in [-0.39, 0.29) is 16.4 Å². The molecule has 0 atom stereocenters. The molecule has 0 aliphatic carbocycles. The molecule has 0 saturated carbocycles. The van der Waals surface area contributed by atoms with Gasteiger partial charge in [0.15, 0.2) is 16.6 Å². The van der Waals surface area contributed by atoms with E-state index in [1.165, 1.54) is 14.0 Å². The lowest BCUT2D eigenvalue weighted by Crippen LogP contribution is -2.07. The highest BCUT2D eigenvalue weighted by Crippen LogP contribution is 2.34. The van der Waals surface area contributed by atoms with Crippen molar-refractivity contribution in [2.45, 2.75) is 6.92 Å². The Morgan fingerprint density at radius 1 is 1.33 bits per heavy atom. The van der Waals surface area contributed by atoms with Crippen LogP contribution >= 0.6 is 34.5 Å². The Hall–Kier alpha value is -1.63. The van der Waals surface area contributed by atoms with E-state index >= 15 is 0 Å². The van der Waals surface area contributed by atoms with Gasteiger partial charge in [-0.15, -0.1) is 0 Å². The Labute approximate surface area is 134 Å². The Bertz CT molecular complexity index is 715. The van der Waals surface area contributed by atoms with Crippen molar-refractivity contribution < 1.29 is 14.3 Å². The zero-order valence-electron chi connectivity index (χ0n) is 11.1. The summed E-state index contributed by atoms with van der Waals surface area (Å²) in [5, 5.41) is 4.01. The summed E-state index contributed by atoms with van der Waals surface area (Å²) in [7, 11) is 1.23. The first-order valence-electron chi connectivity index (χ1n) is 5.75. The average molecular weight is 345 g/mol. The fourth-order valence-electron chi connectivity index (χ4n) is 1.56. The summed E-state index contributed by atoms with van der Waals surface area (Å²) in [6, 6.07) is 5.08. The number of carbonyl (C=O) groups excluding carboxylic acids is 2. The third-order valence-corrected chi connectivity index (χ3v) is 4.41. The van der Waals surface area contributed by atoms with E-state index in [1.807, 2.05) is 0 Å². The van der Waals surface area contributed by atoms with Crippen LogP contribution in [0.25, 0.3) is 0 Å². The molecule has 0 aliphatic rings. The molecule has 110 valence electrons. The fraction of sp³-hybridized carbons (Fsp3) is 0.154. The second kappa shape index (κ2) is 6.43. The van der Waals surface area contributed by atoms with Crippen LogP contribution in [0.3, 0.4) is 0 Å². The number of carbonyl (C=O) groups is 2. The van der Waals surface area contributed by atoms with Crippen LogP contribution in [0, 0.1) is 0 Å². The monoisotopic (exact) mass is 344 g/mol. The van der Waals surface area contributed by atoms with Gasteiger partial charge in [0.2, 0.25) is 0 Å². The molecule has 0 unspecified atom stereocenters. The molecule has 0 spiro atoms. The number of benzene rings is 1. The number of halogens is 2. The second-order valence-corrected chi connectivity index (χ2v) is 5.76. The zero-order chi connectivity index (χ0) is 15.6. The van der Waals surface area contributed by atoms with Gasteiger partial charge in [0.1, 0.15) is 4.88 Å². The minimum atomic E-state index is -0.665. The summed E-state index contributed by atoms with van der Waals surface area (Å²) in [5.74, 6) is -0.931. The highest BCUT2D eigenvalue weighted by atomic mass is 35.5. The highest BCUT2D eigenvalue weighted by Gasteiger charge is 2.22. The number of anilines is 2. The van der Waals surface area contributed by atoms with Crippen LogP contribution in [-0.4, -0.2) is 23.8 Å². The van der Waals surface area contributed by atoms with E-state index in [0.717, 1.165) is 11.3 Å². The summed E-state index contributed by atoms with van der Waals surface area (Å²) >= 11 is 13.0. The number of nitrogens with zero attached hydrogens (tertiary/aromatic N) is 1. The van der Waals surface area contributed by atoms with E-state index in [9.17, 15) is 9.59 Å². The lowest BCUT2D eigenvalue weighted by atomic mass is 10.3. The first-order valence-corrected chi connectivity index (χ1v) is 7.32. The fourth-order valence-corrected chi connectivity index (χ4v) is 2.77. The zero-order valence-corrected chi connectivity index (χ0v) is 13.4. The number of aromatic nitrogens is 1. The van der Waals surface area contributed by atoms with Gasteiger partial charge in [-0.25, -0.2) is 9.78 Å². The smallest absolute Gasteiger partial charge is 0.358 e. The molecule has 1 heterocycles. The Balaban J connectivity index is 2.39. The standard InChI is InChI=1S/C13H10Cl2N2O3S/c1-6(18)11-10(12(19)20-2)17-13(21-11)16-8-5-3-4-7(14)9(8)15/h3-5H,1-2H3,(H,16,17). The summed E-state index contributed by atoms with van der Waals surface area (Å²) in [5.41, 5.74) is 0.514. The van der Waals surface area contributed by atoms with Crippen LogP contribution in [0.4, 0.5) is 10.8 Å². The minimum Gasteiger partial charge on any atom is -0.464 e. The topological polar surface area (TPSA) is 68.3 Å². The number of nitrogens with one attached hydrogen (secondary N) is 1. The average Bonchev–Trinajstić information content (AvgIpc) is 2.87. The predicted molar refractivity (Wildman–Crippen MR) is 83.2 cm³/mol. The molecule has 0 aliphatic heterocycles. The van der Waals surface area contributed by atoms with E-state index in [2.05, 4.69) is 15.0 Å². The van der Waals surface area contributed by atoms with E-state index in [1.54, 1.807) is 18.2 Å². The van der Waals surface area contributed by atoms with Crippen molar-refractivity contribution in [3.8, 4) is 0 Å². The van der Waals surface area contributed by atoms with Gasteiger partial charge in [0.05, 0.1) is 22.8 Å². The summed E-state index contributed by atoms with van der Waals surface area (Å²) in [6.07, 6.45) is 0. The first kappa shape index (κ1) is 15.8. The number of thiazole rings is 1. The van der Waals surface area contributed by atoms with Crippen molar-refractivity contribution in [3.05, 3.63) is 38.8 Å². The van der Waals surface area contributed by atoms with Gasteiger partial charge in [-0.2, -0.15) is 0 Å². The van der Waals surface area contributed by atoms with Crippen molar-refractivity contribution in [2.75, 3.05) is 12.4 Å². The maximum absolute atomic E-state index is 11.6. The molecule has 1 aromatic carbocycles. The predicted octanol–water partition coefficient (Wildman–Crippen LogP) is 4.18. The van der Waals surface area contributed by atoms with Gasteiger partial charge in [-0.3, -0.25) is 4.79 Å². The largest absolute Gasteiger partial charge is 0.464 e. The van der Waals surface area contributed by atoms with E-state index < -0.39 is 5.97 Å². The van der Waals surface area contributed by atoms with Crippen LogP contribution in [0.5, 0.6) is 0 Å². The molecular weight excluding hydrogens is 335 g/mol. The summed E-state index contributed by atoms with van der Waals surface area (Å²) in [4.78, 5) is 27.5. The van der Waals surface area contributed by atoms with Gasteiger partial charge >= 0.3 is 5.97 Å². The van der Waals surface area contributed by atoms with Crippen molar-refractivity contribution in [2.24, 2.45) is 0 Å². The molecule has 0 fully saturated rings. The molecule has 21 heavy (non-hydrogen) atoms. The normalized spacial score (nSPS) is 10.3.